The van der Waals surface area contributed by atoms with E-state index < -0.39 is 23.0 Å². The zero-order valence-electron chi connectivity index (χ0n) is 21.8. The number of fused-ring (bicyclic) bond motifs is 1. The van der Waals surface area contributed by atoms with E-state index in [-0.39, 0.29) is 17.3 Å². The number of methoxy groups -OCH3 is 1. The molecule has 0 spiro atoms. The molecule has 10 nitrogen and oxygen atoms in total. The molecule has 11 heteroatoms. The number of ether oxygens (including phenoxy) is 3. The maximum absolute atomic E-state index is 14.9. The van der Waals surface area contributed by atoms with Crippen LogP contribution in [0.5, 0.6) is 23.1 Å². The highest BCUT2D eigenvalue weighted by molar-refractivity contribution is 6.10. The molecule has 2 aromatic carbocycles. The first-order chi connectivity index (χ1) is 18.3. The summed E-state index contributed by atoms with van der Waals surface area (Å²) in [6.45, 7) is 7.30. The Morgan fingerprint density at radius 2 is 1.87 bits per heavy atom. The van der Waals surface area contributed by atoms with Crippen LogP contribution in [0.1, 0.15) is 33.1 Å². The fourth-order valence-electron chi connectivity index (χ4n) is 4.35. The van der Waals surface area contributed by atoms with Crippen molar-refractivity contribution in [3.63, 3.8) is 0 Å². The van der Waals surface area contributed by atoms with Crippen LogP contribution in [0.25, 0.3) is 10.9 Å². The Balaban J connectivity index is 1.52. The van der Waals surface area contributed by atoms with Crippen molar-refractivity contribution < 1.29 is 28.2 Å². The zero-order valence-corrected chi connectivity index (χ0v) is 21.8. The summed E-state index contributed by atoms with van der Waals surface area (Å²) in [4.78, 5) is 35.1. The van der Waals surface area contributed by atoms with Gasteiger partial charge in [-0.15, -0.1) is 0 Å². The van der Waals surface area contributed by atoms with Crippen LogP contribution in [0, 0.1) is 11.2 Å². The van der Waals surface area contributed by atoms with Gasteiger partial charge in [0, 0.05) is 24.4 Å². The van der Waals surface area contributed by atoms with Gasteiger partial charge in [0.25, 0.3) is 0 Å². The minimum atomic E-state index is -1.24. The van der Waals surface area contributed by atoms with Crippen LogP contribution in [0.15, 0.2) is 36.7 Å². The number of rotatable bonds is 12. The fraction of sp³-hybridized carbons (Fsp3) is 0.407. The van der Waals surface area contributed by atoms with Gasteiger partial charge in [-0.3, -0.25) is 9.59 Å². The third-order valence-electron chi connectivity index (χ3n) is 6.95. The summed E-state index contributed by atoms with van der Waals surface area (Å²) in [6.07, 6.45) is 2.81. The lowest BCUT2D eigenvalue weighted by molar-refractivity contribution is -0.144. The van der Waals surface area contributed by atoms with Gasteiger partial charge < -0.3 is 30.2 Å². The van der Waals surface area contributed by atoms with Crippen molar-refractivity contribution in [1.82, 2.24) is 14.9 Å². The lowest BCUT2D eigenvalue weighted by Crippen LogP contribution is -2.51. The molecule has 1 aliphatic rings. The summed E-state index contributed by atoms with van der Waals surface area (Å²) < 4.78 is 32.2. The normalized spacial score (nSPS) is 14.1. The molecule has 0 aliphatic heterocycles. The van der Waals surface area contributed by atoms with Gasteiger partial charge in [-0.2, -0.15) is 0 Å². The molecule has 4 rings (SSSR count). The van der Waals surface area contributed by atoms with Crippen molar-refractivity contribution in [2.75, 3.05) is 38.7 Å². The third-order valence-corrected chi connectivity index (χ3v) is 6.95. The summed E-state index contributed by atoms with van der Waals surface area (Å²) in [6, 6.07) is 7.39. The van der Waals surface area contributed by atoms with Crippen molar-refractivity contribution >= 4 is 28.4 Å². The van der Waals surface area contributed by atoms with Gasteiger partial charge in [0.1, 0.15) is 18.3 Å². The summed E-state index contributed by atoms with van der Waals surface area (Å²) in [5.41, 5.74) is 4.91. The molecule has 0 bridgehead atoms. The highest BCUT2D eigenvalue weighted by Gasteiger charge is 2.49. The molecular weight excluding hydrogens is 493 g/mol. The number of hydrogen-bond donors (Lipinski definition) is 2. The van der Waals surface area contributed by atoms with Crippen LogP contribution in [-0.2, 0) is 9.59 Å². The predicted molar refractivity (Wildman–Crippen MR) is 140 cm³/mol. The van der Waals surface area contributed by atoms with Crippen LogP contribution in [0.4, 0.5) is 10.1 Å². The second kappa shape index (κ2) is 11.6. The van der Waals surface area contributed by atoms with Gasteiger partial charge in [0.05, 0.1) is 18.0 Å². The van der Waals surface area contributed by atoms with Crippen molar-refractivity contribution in [2.45, 2.75) is 33.1 Å². The van der Waals surface area contributed by atoms with Gasteiger partial charge >= 0.3 is 0 Å². The van der Waals surface area contributed by atoms with Crippen molar-refractivity contribution in [3.8, 4) is 23.1 Å². The molecule has 3 N–H and O–H groups in total. The number of anilines is 1. The molecule has 1 saturated carbocycles. The van der Waals surface area contributed by atoms with Gasteiger partial charge in [0.2, 0.25) is 17.7 Å². The van der Waals surface area contributed by atoms with E-state index in [1.54, 1.807) is 12.1 Å². The number of carbonyl (C=O) groups is 2. The third kappa shape index (κ3) is 5.47. The van der Waals surface area contributed by atoms with E-state index >= 15 is 0 Å². The maximum atomic E-state index is 14.9. The SMILES string of the molecule is CCN(CC)CCOc1cc2ncnc(Oc3ccc(NC(=O)C4(C(N)=O)CCC4)cc3F)c2cc1OC. The molecule has 2 amide bonds. The number of amides is 2. The molecule has 0 unspecified atom stereocenters. The number of benzene rings is 2. The van der Waals surface area contributed by atoms with Crippen LogP contribution in [-0.4, -0.2) is 60.0 Å². The van der Waals surface area contributed by atoms with Gasteiger partial charge in [0.15, 0.2) is 23.1 Å². The van der Waals surface area contributed by atoms with Crippen LogP contribution < -0.4 is 25.3 Å². The van der Waals surface area contributed by atoms with E-state index in [1.165, 1.54) is 25.6 Å². The standard InChI is InChI=1S/C27H32FN5O5/c1-4-33(5-2)11-12-37-23-15-20-18(14-22(23)36-3)24(31-16-30-20)38-21-8-7-17(13-19(21)28)32-26(35)27(25(29)34)9-6-10-27/h7-8,13-16H,4-6,9-12H2,1-3H3,(H2,29,34)(H,32,35). The number of primary amides is 1. The van der Waals surface area contributed by atoms with Crippen molar-refractivity contribution in [3.05, 3.63) is 42.5 Å². The van der Waals surface area contributed by atoms with Gasteiger partial charge in [-0.05, 0) is 44.1 Å². The second-order valence-electron chi connectivity index (χ2n) is 9.08. The Morgan fingerprint density at radius 1 is 1.11 bits per heavy atom. The van der Waals surface area contributed by atoms with E-state index in [0.717, 1.165) is 32.1 Å². The Hall–Kier alpha value is -3.99. The molecule has 3 aromatic rings. The monoisotopic (exact) mass is 525 g/mol. The van der Waals surface area contributed by atoms with Crippen LogP contribution >= 0.6 is 0 Å². The van der Waals surface area contributed by atoms with Gasteiger partial charge in [-0.25, -0.2) is 14.4 Å². The molecule has 1 fully saturated rings. The Kier molecular flexibility index (Phi) is 8.26. The molecule has 38 heavy (non-hydrogen) atoms. The molecule has 202 valence electrons. The lowest BCUT2D eigenvalue weighted by Gasteiger charge is -2.36. The summed E-state index contributed by atoms with van der Waals surface area (Å²) in [7, 11) is 1.53. The number of halogens is 1. The Bertz CT molecular complexity index is 1330. The first kappa shape index (κ1) is 27.1. The summed E-state index contributed by atoms with van der Waals surface area (Å²) >= 11 is 0. The first-order valence-electron chi connectivity index (χ1n) is 12.6. The molecule has 0 atom stereocenters. The van der Waals surface area contributed by atoms with Crippen molar-refractivity contribution in [2.24, 2.45) is 11.1 Å². The zero-order chi connectivity index (χ0) is 27.3. The number of nitrogens with one attached hydrogen (secondary N) is 1. The number of aromatic nitrogens is 2. The fourth-order valence-corrected chi connectivity index (χ4v) is 4.35. The van der Waals surface area contributed by atoms with E-state index in [2.05, 4.69) is 34.0 Å². The average molecular weight is 526 g/mol. The molecule has 1 aromatic heterocycles. The topological polar surface area (TPSA) is 129 Å². The molecule has 1 heterocycles. The summed E-state index contributed by atoms with van der Waals surface area (Å²) in [5.74, 6) is -0.911. The van der Waals surface area contributed by atoms with Crippen LogP contribution in [0.3, 0.4) is 0 Å². The van der Waals surface area contributed by atoms with E-state index in [9.17, 15) is 14.0 Å². The minimum absolute atomic E-state index is 0.102. The number of nitrogens with two attached hydrogens (primary N) is 1. The number of nitrogens with zero attached hydrogens (tertiary/aromatic N) is 3. The average Bonchev–Trinajstić information content (AvgIpc) is 2.87. The number of carbonyl (C=O) groups excluding carboxylic acids is 2. The van der Waals surface area contributed by atoms with Gasteiger partial charge in [-0.1, -0.05) is 20.3 Å². The highest BCUT2D eigenvalue weighted by Crippen LogP contribution is 2.42. The summed E-state index contributed by atoms with van der Waals surface area (Å²) in [5, 5.41) is 3.09. The van der Waals surface area contributed by atoms with E-state index in [1.807, 2.05) is 0 Å². The molecule has 0 radical (unpaired) electrons. The van der Waals surface area contributed by atoms with E-state index in [4.69, 9.17) is 19.9 Å². The Morgan fingerprint density at radius 3 is 2.47 bits per heavy atom. The second-order valence-corrected chi connectivity index (χ2v) is 9.08. The van der Waals surface area contributed by atoms with Crippen molar-refractivity contribution in [1.29, 1.82) is 0 Å². The Labute approximate surface area is 220 Å². The molecule has 1 aliphatic carbocycles. The number of likely N-dealkylation sites (N-methyl/N-ethyl adjacent to an activating group) is 1. The first-order valence-corrected chi connectivity index (χ1v) is 12.6. The highest BCUT2D eigenvalue weighted by atomic mass is 19.1. The quantitative estimate of drug-likeness (QED) is 0.341. The van der Waals surface area contributed by atoms with E-state index in [0.29, 0.717) is 41.9 Å². The predicted octanol–water partition coefficient (Wildman–Crippen LogP) is 3.88. The smallest absolute Gasteiger partial charge is 0.240 e. The minimum Gasteiger partial charge on any atom is -0.493 e. The molecule has 0 saturated heterocycles. The number of hydrogen-bond acceptors (Lipinski definition) is 8. The van der Waals surface area contributed by atoms with Crippen LogP contribution in [0.2, 0.25) is 0 Å². The maximum Gasteiger partial charge on any atom is 0.240 e. The lowest BCUT2D eigenvalue weighted by atomic mass is 9.67. The molecular formula is C27H32FN5O5. The largest absolute Gasteiger partial charge is 0.493 e.